The van der Waals surface area contributed by atoms with Crippen molar-refractivity contribution in [2.75, 3.05) is 13.2 Å². The van der Waals surface area contributed by atoms with E-state index in [0.717, 1.165) is 18.6 Å². The molecular weight excluding hydrogens is 421 g/mol. The molecule has 1 N–H and O–H groups in total. The van der Waals surface area contributed by atoms with E-state index in [-0.39, 0.29) is 24.2 Å². The SMILES string of the molecule is Cc1ccc(C(=O)N2CCO[C@H]3[C@H](Oc4ccccn4)CC[C@@H]32)o1.O=C(O)C(F)(F)F. The lowest BCUT2D eigenvalue weighted by molar-refractivity contribution is -0.192. The Morgan fingerprint density at radius 2 is 1.97 bits per heavy atom. The number of aromatic nitrogens is 1. The van der Waals surface area contributed by atoms with Crippen LogP contribution < -0.4 is 4.74 Å². The Bertz CT molecular complexity index is 902. The van der Waals surface area contributed by atoms with Crippen LogP contribution in [0.25, 0.3) is 0 Å². The molecule has 3 atom stereocenters. The molecule has 11 heteroatoms. The van der Waals surface area contributed by atoms with Gasteiger partial charge in [0.05, 0.1) is 12.6 Å². The highest BCUT2D eigenvalue weighted by Crippen LogP contribution is 2.33. The normalized spacial score (nSPS) is 22.8. The molecule has 2 fully saturated rings. The molecule has 1 amide bonds. The minimum atomic E-state index is -5.08. The van der Waals surface area contributed by atoms with Crippen molar-refractivity contribution in [1.82, 2.24) is 9.88 Å². The number of ether oxygens (including phenoxy) is 2. The maximum atomic E-state index is 12.7. The molecule has 4 rings (SSSR count). The Balaban J connectivity index is 0.000000339. The first-order valence-electron chi connectivity index (χ1n) is 9.53. The number of hydrogen-bond acceptors (Lipinski definition) is 6. The number of nitrogens with zero attached hydrogens (tertiary/aromatic N) is 2. The number of aryl methyl sites for hydroxylation is 1. The van der Waals surface area contributed by atoms with Crippen LogP contribution in [0.5, 0.6) is 5.88 Å². The number of pyridine rings is 1. The van der Waals surface area contributed by atoms with Crippen molar-refractivity contribution in [3.8, 4) is 5.88 Å². The Morgan fingerprint density at radius 3 is 2.55 bits per heavy atom. The van der Waals surface area contributed by atoms with Crippen molar-refractivity contribution in [1.29, 1.82) is 0 Å². The molecule has 31 heavy (non-hydrogen) atoms. The highest BCUT2D eigenvalue weighted by molar-refractivity contribution is 5.92. The van der Waals surface area contributed by atoms with Crippen molar-refractivity contribution in [3.63, 3.8) is 0 Å². The zero-order valence-electron chi connectivity index (χ0n) is 16.5. The van der Waals surface area contributed by atoms with Gasteiger partial charge < -0.3 is 23.9 Å². The third-order valence-electron chi connectivity index (χ3n) is 4.90. The predicted octanol–water partition coefficient (Wildman–Crippen LogP) is 3.07. The summed E-state index contributed by atoms with van der Waals surface area (Å²) in [5, 5.41) is 7.12. The van der Waals surface area contributed by atoms with Crippen molar-refractivity contribution >= 4 is 11.9 Å². The van der Waals surface area contributed by atoms with Gasteiger partial charge in [0.2, 0.25) is 5.88 Å². The van der Waals surface area contributed by atoms with Gasteiger partial charge in [0.15, 0.2) is 5.76 Å². The van der Waals surface area contributed by atoms with Gasteiger partial charge in [-0.2, -0.15) is 13.2 Å². The monoisotopic (exact) mass is 442 g/mol. The molecule has 2 aromatic rings. The molecule has 2 aromatic heterocycles. The molecule has 0 radical (unpaired) electrons. The Kier molecular flexibility index (Phi) is 6.84. The van der Waals surface area contributed by atoms with Crippen LogP contribution >= 0.6 is 0 Å². The standard InChI is InChI=1S/C18H20N2O4.C2HF3O2/c1-12-5-7-15(23-12)18(21)20-10-11-22-17-13(20)6-8-14(17)24-16-4-2-3-9-19-16;3-2(4,5)1(6)7/h2-5,7,9,13-14,17H,6,8,10-11H2,1H3;(H,6,7)/t13-,14+,17+;/m0./s1. The van der Waals surface area contributed by atoms with E-state index in [1.165, 1.54) is 0 Å². The average molecular weight is 442 g/mol. The fourth-order valence-electron chi connectivity index (χ4n) is 3.56. The lowest BCUT2D eigenvalue weighted by Crippen LogP contribution is -2.54. The van der Waals surface area contributed by atoms with Crippen LogP contribution in [0.15, 0.2) is 40.9 Å². The topological polar surface area (TPSA) is 102 Å². The molecule has 3 heterocycles. The summed E-state index contributed by atoms with van der Waals surface area (Å²) < 4.78 is 49.1. The largest absolute Gasteiger partial charge is 0.490 e. The van der Waals surface area contributed by atoms with Gasteiger partial charge in [-0.3, -0.25) is 4.79 Å². The molecule has 0 bridgehead atoms. The van der Waals surface area contributed by atoms with Gasteiger partial charge in [-0.15, -0.1) is 0 Å². The molecule has 2 aliphatic rings. The number of aliphatic carboxylic acids is 1. The lowest BCUT2D eigenvalue weighted by atomic mass is 10.1. The quantitative estimate of drug-likeness (QED) is 0.780. The number of carbonyl (C=O) groups is 2. The van der Waals surface area contributed by atoms with Crippen molar-refractivity contribution in [3.05, 3.63) is 48.0 Å². The molecule has 168 valence electrons. The van der Waals surface area contributed by atoms with E-state index >= 15 is 0 Å². The Morgan fingerprint density at radius 1 is 1.23 bits per heavy atom. The third kappa shape index (κ3) is 5.54. The molecule has 1 aliphatic carbocycles. The summed E-state index contributed by atoms with van der Waals surface area (Å²) in [6.45, 7) is 2.93. The molecule has 1 saturated heterocycles. The number of hydrogen-bond donors (Lipinski definition) is 1. The van der Waals surface area contributed by atoms with Gasteiger partial charge in [-0.05, 0) is 38.0 Å². The second-order valence-electron chi connectivity index (χ2n) is 7.02. The molecule has 1 saturated carbocycles. The zero-order chi connectivity index (χ0) is 22.6. The van der Waals surface area contributed by atoms with Gasteiger partial charge >= 0.3 is 12.1 Å². The van der Waals surface area contributed by atoms with Crippen molar-refractivity contribution < 1.29 is 41.8 Å². The first kappa shape index (κ1) is 22.6. The summed E-state index contributed by atoms with van der Waals surface area (Å²) in [4.78, 5) is 27.7. The van der Waals surface area contributed by atoms with E-state index in [1.54, 1.807) is 12.3 Å². The van der Waals surface area contributed by atoms with E-state index in [0.29, 0.717) is 24.8 Å². The van der Waals surface area contributed by atoms with Crippen LogP contribution in [0.1, 0.15) is 29.2 Å². The van der Waals surface area contributed by atoms with Crippen molar-refractivity contribution in [2.24, 2.45) is 0 Å². The summed E-state index contributed by atoms with van der Waals surface area (Å²) in [5.74, 6) is -1.10. The number of fused-ring (bicyclic) bond motifs is 1. The first-order chi connectivity index (χ1) is 14.7. The van der Waals surface area contributed by atoms with Gasteiger partial charge in [-0.25, -0.2) is 9.78 Å². The summed E-state index contributed by atoms with van der Waals surface area (Å²) in [5.41, 5.74) is 0. The fourth-order valence-corrected chi connectivity index (χ4v) is 3.56. The van der Waals surface area contributed by atoms with E-state index in [9.17, 15) is 18.0 Å². The summed E-state index contributed by atoms with van der Waals surface area (Å²) in [7, 11) is 0. The Hall–Kier alpha value is -3.08. The fraction of sp³-hybridized carbons (Fsp3) is 0.450. The van der Waals surface area contributed by atoms with Gasteiger partial charge in [-0.1, -0.05) is 6.07 Å². The first-order valence-corrected chi connectivity index (χ1v) is 9.53. The predicted molar refractivity (Wildman–Crippen MR) is 99.6 cm³/mol. The van der Waals surface area contributed by atoms with E-state index in [4.69, 9.17) is 23.8 Å². The Labute approximate surface area is 175 Å². The van der Waals surface area contributed by atoms with Crippen molar-refractivity contribution in [2.45, 2.75) is 44.2 Å². The van der Waals surface area contributed by atoms with E-state index in [1.807, 2.05) is 36.1 Å². The van der Waals surface area contributed by atoms with Gasteiger partial charge in [0, 0.05) is 18.8 Å². The third-order valence-corrected chi connectivity index (χ3v) is 4.90. The van der Waals surface area contributed by atoms with E-state index < -0.39 is 12.1 Å². The number of carbonyl (C=O) groups excluding carboxylic acids is 1. The van der Waals surface area contributed by atoms with Gasteiger partial charge in [0.25, 0.3) is 5.91 Å². The lowest BCUT2D eigenvalue weighted by Gasteiger charge is -2.38. The average Bonchev–Trinajstić information content (AvgIpc) is 3.34. The molecular formula is C20H21F3N2O6. The molecule has 0 aromatic carbocycles. The maximum absolute atomic E-state index is 12.7. The van der Waals surface area contributed by atoms with Crippen LogP contribution in [0, 0.1) is 6.92 Å². The number of rotatable bonds is 3. The van der Waals surface area contributed by atoms with Crippen LogP contribution in [0.3, 0.4) is 0 Å². The highest BCUT2D eigenvalue weighted by Gasteiger charge is 2.46. The second-order valence-corrected chi connectivity index (χ2v) is 7.02. The molecule has 8 nitrogen and oxygen atoms in total. The minimum Gasteiger partial charge on any atom is -0.475 e. The number of halogens is 3. The van der Waals surface area contributed by atoms with Crippen LogP contribution in [0.4, 0.5) is 13.2 Å². The number of furan rings is 1. The summed E-state index contributed by atoms with van der Waals surface area (Å²) in [6, 6.07) is 9.15. The van der Waals surface area contributed by atoms with Crippen LogP contribution in [-0.2, 0) is 9.53 Å². The molecule has 0 spiro atoms. The minimum absolute atomic E-state index is 0.0189. The molecule has 0 unspecified atom stereocenters. The summed E-state index contributed by atoms with van der Waals surface area (Å²) in [6.07, 6.45) is -1.89. The number of carboxylic acid groups (broad SMARTS) is 1. The van der Waals surface area contributed by atoms with Crippen LogP contribution in [0.2, 0.25) is 0 Å². The van der Waals surface area contributed by atoms with Gasteiger partial charge in [0.1, 0.15) is 18.0 Å². The van der Waals surface area contributed by atoms with Crippen LogP contribution in [-0.4, -0.2) is 64.4 Å². The second kappa shape index (κ2) is 9.38. The molecule has 1 aliphatic heterocycles. The number of amides is 1. The highest BCUT2D eigenvalue weighted by atomic mass is 19.4. The number of alkyl halides is 3. The summed E-state index contributed by atoms with van der Waals surface area (Å²) >= 11 is 0. The van der Waals surface area contributed by atoms with E-state index in [2.05, 4.69) is 4.98 Å². The zero-order valence-corrected chi connectivity index (χ0v) is 16.5. The smallest absolute Gasteiger partial charge is 0.475 e. The number of morpholine rings is 1. The maximum Gasteiger partial charge on any atom is 0.490 e. The number of carboxylic acids is 1.